The van der Waals surface area contributed by atoms with Gasteiger partial charge in [0.15, 0.2) is 5.58 Å². The van der Waals surface area contributed by atoms with Crippen molar-refractivity contribution < 1.29 is 19.1 Å². The van der Waals surface area contributed by atoms with Gasteiger partial charge in [0.1, 0.15) is 5.52 Å². The van der Waals surface area contributed by atoms with Gasteiger partial charge >= 0.3 is 5.97 Å². The van der Waals surface area contributed by atoms with Gasteiger partial charge in [-0.15, -0.1) is 0 Å². The zero-order chi connectivity index (χ0) is 18.1. The number of carbonyl (C=O) groups is 2. The molecule has 26 heavy (non-hydrogen) atoms. The smallest absolute Gasteiger partial charge is 0.308 e. The molecule has 1 unspecified atom stereocenters. The van der Waals surface area contributed by atoms with Crippen LogP contribution >= 0.6 is 0 Å². The Labute approximate surface area is 151 Å². The van der Waals surface area contributed by atoms with E-state index in [4.69, 9.17) is 4.42 Å². The molecule has 2 aliphatic rings. The maximum Gasteiger partial charge on any atom is 0.308 e. The van der Waals surface area contributed by atoms with E-state index in [1.165, 1.54) is 0 Å². The monoisotopic (exact) mass is 357 g/mol. The van der Waals surface area contributed by atoms with Crippen LogP contribution in [-0.2, 0) is 9.59 Å². The number of carboxylic acids is 1. The van der Waals surface area contributed by atoms with Crippen LogP contribution in [0.1, 0.15) is 25.7 Å². The molecule has 1 amide bonds. The average Bonchev–Trinajstić information content (AvgIpc) is 3.12. The number of rotatable bonds is 3. The maximum absolute atomic E-state index is 12.8. The molecule has 7 nitrogen and oxygen atoms in total. The number of likely N-dealkylation sites (tertiary alicyclic amines) is 1. The topological polar surface area (TPSA) is 86.9 Å². The fraction of sp³-hybridized carbons (Fsp3) is 0.526. The number of piperidine rings is 2. The minimum absolute atomic E-state index is 0.0387. The Morgan fingerprint density at radius 3 is 2.58 bits per heavy atom. The van der Waals surface area contributed by atoms with Crippen LogP contribution in [0.5, 0.6) is 0 Å². The zero-order valence-electron chi connectivity index (χ0n) is 14.6. The number of oxazole rings is 1. The molecule has 0 saturated carbocycles. The Hall–Kier alpha value is -2.57. The number of aliphatic carboxylic acids is 1. The van der Waals surface area contributed by atoms with Gasteiger partial charge in [0, 0.05) is 32.1 Å². The summed E-state index contributed by atoms with van der Waals surface area (Å²) in [5.41, 5.74) is 1.61. The summed E-state index contributed by atoms with van der Waals surface area (Å²) in [5.74, 6) is -1.16. The second-order valence-corrected chi connectivity index (χ2v) is 7.19. The van der Waals surface area contributed by atoms with Crippen LogP contribution in [0.4, 0.5) is 6.01 Å². The first-order valence-electron chi connectivity index (χ1n) is 9.24. The van der Waals surface area contributed by atoms with Crippen molar-refractivity contribution in [3.63, 3.8) is 0 Å². The lowest BCUT2D eigenvalue weighted by Gasteiger charge is -2.36. The first-order valence-corrected chi connectivity index (χ1v) is 9.24. The Morgan fingerprint density at radius 2 is 1.85 bits per heavy atom. The molecule has 2 saturated heterocycles. The van der Waals surface area contributed by atoms with Gasteiger partial charge in [0.2, 0.25) is 5.91 Å². The van der Waals surface area contributed by atoms with Crippen molar-refractivity contribution in [3.05, 3.63) is 24.3 Å². The number of nitrogens with zero attached hydrogens (tertiary/aromatic N) is 3. The predicted molar refractivity (Wildman–Crippen MR) is 95.9 cm³/mol. The molecule has 7 heteroatoms. The number of carboxylic acid groups (broad SMARTS) is 1. The summed E-state index contributed by atoms with van der Waals surface area (Å²) < 4.78 is 5.81. The number of fused-ring (bicyclic) bond motifs is 1. The van der Waals surface area contributed by atoms with E-state index in [0.29, 0.717) is 25.5 Å². The van der Waals surface area contributed by atoms with Gasteiger partial charge in [0.25, 0.3) is 6.01 Å². The average molecular weight is 357 g/mol. The van der Waals surface area contributed by atoms with Crippen molar-refractivity contribution in [2.45, 2.75) is 25.7 Å². The van der Waals surface area contributed by atoms with E-state index in [1.807, 2.05) is 24.3 Å². The molecule has 1 aromatic heterocycles. The lowest BCUT2D eigenvalue weighted by atomic mass is 9.92. The molecule has 138 valence electrons. The summed E-state index contributed by atoms with van der Waals surface area (Å²) >= 11 is 0. The van der Waals surface area contributed by atoms with Crippen molar-refractivity contribution in [2.75, 3.05) is 31.1 Å². The Bertz CT molecular complexity index is 777. The van der Waals surface area contributed by atoms with Crippen LogP contribution in [0.25, 0.3) is 11.1 Å². The highest BCUT2D eigenvalue weighted by molar-refractivity contribution is 5.80. The first kappa shape index (κ1) is 16.9. The number of para-hydroxylation sites is 2. The van der Waals surface area contributed by atoms with Crippen LogP contribution in [0, 0.1) is 11.8 Å². The van der Waals surface area contributed by atoms with Gasteiger partial charge in [-0.25, -0.2) is 0 Å². The molecule has 0 aliphatic carbocycles. The molecule has 1 N–H and O–H groups in total. The van der Waals surface area contributed by atoms with E-state index in [9.17, 15) is 14.7 Å². The van der Waals surface area contributed by atoms with Crippen LogP contribution in [0.2, 0.25) is 0 Å². The molecule has 1 aromatic carbocycles. The van der Waals surface area contributed by atoms with Gasteiger partial charge in [-0.3, -0.25) is 9.59 Å². The lowest BCUT2D eigenvalue weighted by Crippen LogP contribution is -2.47. The number of hydrogen-bond donors (Lipinski definition) is 1. The zero-order valence-corrected chi connectivity index (χ0v) is 14.6. The summed E-state index contributed by atoms with van der Waals surface area (Å²) in [6, 6.07) is 8.29. The number of benzene rings is 1. The highest BCUT2D eigenvalue weighted by atomic mass is 16.4. The van der Waals surface area contributed by atoms with Crippen molar-refractivity contribution in [2.24, 2.45) is 11.8 Å². The molecule has 0 radical (unpaired) electrons. The molecule has 3 heterocycles. The normalized spacial score (nSPS) is 21.9. The second kappa shape index (κ2) is 6.97. The lowest BCUT2D eigenvalue weighted by molar-refractivity contribution is -0.147. The van der Waals surface area contributed by atoms with Crippen molar-refractivity contribution >= 4 is 29.0 Å². The number of amides is 1. The molecular weight excluding hydrogens is 334 g/mol. The van der Waals surface area contributed by atoms with Gasteiger partial charge in [-0.1, -0.05) is 12.1 Å². The molecule has 0 spiro atoms. The second-order valence-electron chi connectivity index (χ2n) is 7.19. The van der Waals surface area contributed by atoms with E-state index in [2.05, 4.69) is 9.88 Å². The van der Waals surface area contributed by atoms with Crippen LogP contribution in [0.3, 0.4) is 0 Å². The first-order chi connectivity index (χ1) is 12.6. The Kier molecular flexibility index (Phi) is 4.53. The number of carbonyl (C=O) groups excluding carboxylic acids is 1. The minimum Gasteiger partial charge on any atom is -0.481 e. The van der Waals surface area contributed by atoms with Crippen molar-refractivity contribution in [3.8, 4) is 0 Å². The standard InChI is InChI=1S/C19H23N3O4/c23-17(22-9-3-4-14(12-22)18(24)25)13-7-10-21(11-8-13)19-20-15-5-1-2-6-16(15)26-19/h1-2,5-6,13-14H,3-4,7-12H2,(H,24,25). The fourth-order valence-electron chi connectivity index (χ4n) is 3.95. The highest BCUT2D eigenvalue weighted by Crippen LogP contribution is 2.28. The Morgan fingerprint density at radius 1 is 1.08 bits per heavy atom. The minimum atomic E-state index is -0.798. The summed E-state index contributed by atoms with van der Waals surface area (Å²) in [4.78, 5) is 32.4. The van der Waals surface area contributed by atoms with E-state index in [1.54, 1.807) is 4.90 Å². The SMILES string of the molecule is O=C(O)C1CCCN(C(=O)C2CCN(c3nc4ccccc4o3)CC2)C1. The number of anilines is 1. The quantitative estimate of drug-likeness (QED) is 0.907. The maximum atomic E-state index is 12.8. The van der Waals surface area contributed by atoms with Gasteiger partial charge in [-0.2, -0.15) is 4.98 Å². The van der Waals surface area contributed by atoms with Crippen LogP contribution in [-0.4, -0.2) is 53.0 Å². The predicted octanol–water partition coefficient (Wildman–Crippen LogP) is 2.37. The van der Waals surface area contributed by atoms with E-state index >= 15 is 0 Å². The molecule has 2 aliphatic heterocycles. The molecule has 4 rings (SSSR count). The summed E-state index contributed by atoms with van der Waals surface area (Å²) in [5, 5.41) is 9.21. The van der Waals surface area contributed by atoms with Crippen LogP contribution in [0.15, 0.2) is 28.7 Å². The van der Waals surface area contributed by atoms with E-state index in [0.717, 1.165) is 43.5 Å². The Balaban J connectivity index is 1.37. The third-order valence-corrected chi connectivity index (χ3v) is 5.48. The van der Waals surface area contributed by atoms with Gasteiger partial charge in [-0.05, 0) is 37.8 Å². The van der Waals surface area contributed by atoms with Crippen LogP contribution < -0.4 is 4.90 Å². The molecule has 0 bridgehead atoms. The van der Waals surface area contributed by atoms with Crippen molar-refractivity contribution in [1.82, 2.24) is 9.88 Å². The highest BCUT2D eigenvalue weighted by Gasteiger charge is 2.34. The molecule has 1 atom stereocenters. The number of hydrogen-bond acceptors (Lipinski definition) is 5. The summed E-state index contributed by atoms with van der Waals surface area (Å²) in [7, 11) is 0. The van der Waals surface area contributed by atoms with Gasteiger partial charge < -0.3 is 19.3 Å². The number of aromatic nitrogens is 1. The van der Waals surface area contributed by atoms with E-state index in [-0.39, 0.29) is 11.8 Å². The molecule has 2 fully saturated rings. The molecular formula is C19H23N3O4. The molecule has 2 aromatic rings. The third kappa shape index (κ3) is 3.25. The third-order valence-electron chi connectivity index (χ3n) is 5.48. The summed E-state index contributed by atoms with van der Waals surface area (Å²) in [6.45, 7) is 2.46. The summed E-state index contributed by atoms with van der Waals surface area (Å²) in [6.07, 6.45) is 2.91. The van der Waals surface area contributed by atoms with E-state index < -0.39 is 11.9 Å². The largest absolute Gasteiger partial charge is 0.481 e. The van der Waals surface area contributed by atoms with Gasteiger partial charge in [0.05, 0.1) is 5.92 Å². The van der Waals surface area contributed by atoms with Crippen molar-refractivity contribution in [1.29, 1.82) is 0 Å². The fourth-order valence-corrected chi connectivity index (χ4v) is 3.95.